The normalized spacial score (nSPS) is 11.3. The molecule has 0 bridgehead atoms. The number of alkyl halides is 3. The largest absolute Gasteiger partial charge is 0.417 e. The number of amides is 2. The van der Waals surface area contributed by atoms with Crippen LogP contribution in [0.15, 0.2) is 42.5 Å². The Bertz CT molecular complexity index is 735. The maximum Gasteiger partial charge on any atom is 0.417 e. The fourth-order valence-corrected chi connectivity index (χ4v) is 2.59. The van der Waals surface area contributed by atoms with Crippen molar-refractivity contribution in [2.24, 2.45) is 0 Å². The summed E-state index contributed by atoms with van der Waals surface area (Å²) in [6.07, 6.45) is -4.42. The van der Waals surface area contributed by atoms with Crippen molar-refractivity contribution in [3.05, 3.63) is 53.6 Å². The van der Waals surface area contributed by atoms with Crippen molar-refractivity contribution in [2.45, 2.75) is 26.9 Å². The third-order valence-electron chi connectivity index (χ3n) is 3.98. The molecule has 6 heteroatoms. The first-order chi connectivity index (χ1) is 11.8. The third kappa shape index (κ3) is 4.53. The Hall–Kier alpha value is -2.50. The molecule has 2 aromatic carbocycles. The van der Waals surface area contributed by atoms with Crippen LogP contribution >= 0.6 is 0 Å². The smallest absolute Gasteiger partial charge is 0.325 e. The van der Waals surface area contributed by atoms with Crippen molar-refractivity contribution in [3.63, 3.8) is 0 Å². The fraction of sp³-hybridized carbons (Fsp3) is 0.316. The Morgan fingerprint density at radius 1 is 1.04 bits per heavy atom. The molecule has 1 N–H and O–H groups in total. The summed E-state index contributed by atoms with van der Waals surface area (Å²) in [7, 11) is 0. The number of nitrogens with zero attached hydrogens (tertiary/aromatic N) is 1. The fourth-order valence-electron chi connectivity index (χ4n) is 2.59. The van der Waals surface area contributed by atoms with Gasteiger partial charge in [-0.2, -0.15) is 13.2 Å². The van der Waals surface area contributed by atoms with Gasteiger partial charge >= 0.3 is 12.2 Å². The maximum atomic E-state index is 13.2. The zero-order valence-electron chi connectivity index (χ0n) is 14.4. The first-order valence-electron chi connectivity index (χ1n) is 8.10. The summed E-state index contributed by atoms with van der Waals surface area (Å²) in [6, 6.07) is 10.2. The van der Waals surface area contributed by atoms with Gasteiger partial charge in [-0.25, -0.2) is 4.79 Å². The van der Waals surface area contributed by atoms with Gasteiger partial charge in [-0.15, -0.1) is 0 Å². The minimum Gasteiger partial charge on any atom is -0.325 e. The number of benzene rings is 2. The molecule has 0 saturated heterocycles. The first-order valence-corrected chi connectivity index (χ1v) is 8.10. The molecule has 0 saturated carbocycles. The highest BCUT2D eigenvalue weighted by molar-refractivity contribution is 5.89. The highest BCUT2D eigenvalue weighted by atomic mass is 19.4. The number of carbonyl (C=O) groups is 1. The number of rotatable bonds is 4. The van der Waals surface area contributed by atoms with E-state index in [-0.39, 0.29) is 11.6 Å². The Morgan fingerprint density at radius 2 is 1.64 bits per heavy atom. The summed E-state index contributed by atoms with van der Waals surface area (Å²) < 4.78 is 39.7. The van der Waals surface area contributed by atoms with Crippen molar-refractivity contribution in [2.75, 3.05) is 18.4 Å². The highest BCUT2D eigenvalue weighted by Crippen LogP contribution is 2.37. The Balaban J connectivity index is 2.29. The predicted molar refractivity (Wildman–Crippen MR) is 93.6 cm³/mol. The third-order valence-corrected chi connectivity index (χ3v) is 3.98. The number of nitrogens with one attached hydrogen (secondary N) is 1. The number of urea groups is 1. The minimum absolute atomic E-state index is 0.133. The quantitative estimate of drug-likeness (QED) is 0.770. The standard InChI is InChI=1S/C19H21F3N2O/c1-4-24(5-2)18(25)23-15-9-7-14(8-10-15)16-12-13(3)6-11-17(16)19(20,21)22/h6-12H,4-5H2,1-3H3,(H,23,25). The Labute approximate surface area is 145 Å². The van der Waals surface area contributed by atoms with Crippen molar-refractivity contribution in [1.82, 2.24) is 4.90 Å². The summed E-state index contributed by atoms with van der Waals surface area (Å²) >= 11 is 0. The van der Waals surface area contributed by atoms with Gasteiger partial charge in [0.05, 0.1) is 5.56 Å². The molecule has 0 fully saturated rings. The number of carbonyl (C=O) groups excluding carboxylic acids is 1. The first kappa shape index (κ1) is 18.8. The summed E-state index contributed by atoms with van der Waals surface area (Å²) in [5, 5.41) is 2.74. The van der Waals surface area contributed by atoms with Crippen molar-refractivity contribution in [3.8, 4) is 11.1 Å². The van der Waals surface area contributed by atoms with Crippen LogP contribution in [0.4, 0.5) is 23.7 Å². The molecule has 3 nitrogen and oxygen atoms in total. The van der Waals surface area contributed by atoms with E-state index in [1.165, 1.54) is 12.1 Å². The molecule has 2 amide bonds. The zero-order chi connectivity index (χ0) is 18.6. The van der Waals surface area contributed by atoms with Crippen LogP contribution < -0.4 is 5.32 Å². The lowest BCUT2D eigenvalue weighted by molar-refractivity contribution is -0.137. The molecular formula is C19H21F3N2O. The van der Waals surface area contributed by atoms with Gasteiger partial charge in [0.1, 0.15) is 0 Å². The van der Waals surface area contributed by atoms with Crippen LogP contribution in [-0.2, 0) is 6.18 Å². The van der Waals surface area contributed by atoms with Crippen LogP contribution in [0.25, 0.3) is 11.1 Å². The lowest BCUT2D eigenvalue weighted by Crippen LogP contribution is -2.34. The van der Waals surface area contributed by atoms with Crippen LogP contribution in [0.5, 0.6) is 0 Å². The van der Waals surface area contributed by atoms with Crippen molar-refractivity contribution >= 4 is 11.7 Å². The van der Waals surface area contributed by atoms with E-state index in [9.17, 15) is 18.0 Å². The highest BCUT2D eigenvalue weighted by Gasteiger charge is 2.33. The summed E-state index contributed by atoms with van der Waals surface area (Å²) in [6.45, 7) is 6.67. The minimum atomic E-state index is -4.42. The number of hydrogen-bond acceptors (Lipinski definition) is 1. The van der Waals surface area contributed by atoms with Crippen molar-refractivity contribution < 1.29 is 18.0 Å². The van der Waals surface area contributed by atoms with E-state index in [1.807, 2.05) is 13.8 Å². The molecular weight excluding hydrogens is 329 g/mol. The molecule has 0 aliphatic heterocycles. The summed E-state index contributed by atoms with van der Waals surface area (Å²) in [4.78, 5) is 13.6. The van der Waals surface area contributed by atoms with E-state index in [2.05, 4.69) is 5.32 Å². The van der Waals surface area contributed by atoms with Gasteiger partial charge in [0.2, 0.25) is 0 Å². The monoisotopic (exact) mass is 350 g/mol. The average Bonchev–Trinajstić information content (AvgIpc) is 2.55. The van der Waals surface area contributed by atoms with Gasteiger partial charge in [-0.1, -0.05) is 29.8 Å². The lowest BCUT2D eigenvalue weighted by Gasteiger charge is -2.19. The second kappa shape index (κ2) is 7.59. The van der Waals surface area contributed by atoms with Gasteiger partial charge in [-0.3, -0.25) is 0 Å². The van der Waals surface area contributed by atoms with Crippen LogP contribution in [-0.4, -0.2) is 24.0 Å². The average molecular weight is 350 g/mol. The van der Waals surface area contributed by atoms with Crippen molar-refractivity contribution in [1.29, 1.82) is 0 Å². The molecule has 0 spiro atoms. The molecule has 0 aromatic heterocycles. The second-order valence-electron chi connectivity index (χ2n) is 5.73. The maximum absolute atomic E-state index is 13.2. The van der Waals surface area contributed by atoms with E-state index in [4.69, 9.17) is 0 Å². The van der Waals surface area contributed by atoms with Crippen LogP contribution in [0.3, 0.4) is 0 Å². The van der Waals surface area contributed by atoms with Gasteiger partial charge in [0.15, 0.2) is 0 Å². The molecule has 2 rings (SSSR count). The Kier molecular flexibility index (Phi) is 5.72. The molecule has 0 radical (unpaired) electrons. The molecule has 2 aromatic rings. The molecule has 0 atom stereocenters. The molecule has 25 heavy (non-hydrogen) atoms. The molecule has 0 aliphatic carbocycles. The number of aryl methyl sites for hydroxylation is 1. The van der Waals surface area contributed by atoms with Gasteiger partial charge in [0, 0.05) is 18.8 Å². The Morgan fingerprint density at radius 3 is 2.16 bits per heavy atom. The SMILES string of the molecule is CCN(CC)C(=O)Nc1ccc(-c2cc(C)ccc2C(F)(F)F)cc1. The van der Waals surface area contributed by atoms with Crippen LogP contribution in [0, 0.1) is 6.92 Å². The number of hydrogen-bond donors (Lipinski definition) is 1. The molecule has 134 valence electrons. The summed E-state index contributed by atoms with van der Waals surface area (Å²) in [5.74, 6) is 0. The van der Waals surface area contributed by atoms with Crippen LogP contribution in [0.1, 0.15) is 25.0 Å². The van der Waals surface area contributed by atoms with Crippen LogP contribution in [0.2, 0.25) is 0 Å². The molecule has 0 heterocycles. The number of anilines is 1. The van der Waals surface area contributed by atoms with Gasteiger partial charge < -0.3 is 10.2 Å². The van der Waals surface area contributed by atoms with Gasteiger partial charge in [0.25, 0.3) is 0 Å². The van der Waals surface area contributed by atoms with E-state index < -0.39 is 11.7 Å². The number of halogens is 3. The van der Waals surface area contributed by atoms with E-state index in [0.29, 0.717) is 24.3 Å². The van der Waals surface area contributed by atoms with E-state index in [1.54, 1.807) is 36.1 Å². The van der Waals surface area contributed by atoms with Gasteiger partial charge in [-0.05, 0) is 50.1 Å². The van der Waals surface area contributed by atoms with E-state index in [0.717, 1.165) is 11.6 Å². The van der Waals surface area contributed by atoms with E-state index >= 15 is 0 Å². The summed E-state index contributed by atoms with van der Waals surface area (Å²) in [5.41, 5.74) is 1.22. The molecule has 0 aliphatic rings. The second-order valence-corrected chi connectivity index (χ2v) is 5.73. The zero-order valence-corrected chi connectivity index (χ0v) is 14.4. The predicted octanol–water partition coefficient (Wildman–Crippen LogP) is 5.55. The molecule has 0 unspecified atom stereocenters. The topological polar surface area (TPSA) is 32.3 Å². The lowest BCUT2D eigenvalue weighted by atomic mass is 9.97.